The van der Waals surface area contributed by atoms with Crippen LogP contribution < -0.4 is 5.32 Å². The van der Waals surface area contributed by atoms with Crippen molar-refractivity contribution >= 4 is 11.9 Å². The van der Waals surface area contributed by atoms with Gasteiger partial charge in [-0.2, -0.15) is 0 Å². The van der Waals surface area contributed by atoms with Crippen molar-refractivity contribution in [3.05, 3.63) is 11.9 Å². The van der Waals surface area contributed by atoms with Crippen LogP contribution in [0.25, 0.3) is 0 Å². The van der Waals surface area contributed by atoms with Crippen molar-refractivity contribution in [3.8, 4) is 0 Å². The average Bonchev–Trinajstić information content (AvgIpc) is 2.97. The Labute approximate surface area is 125 Å². The van der Waals surface area contributed by atoms with Crippen LogP contribution in [0, 0.1) is 0 Å². The Balaban J connectivity index is 1.48. The van der Waals surface area contributed by atoms with E-state index in [9.17, 15) is 4.79 Å². The highest BCUT2D eigenvalue weighted by Crippen LogP contribution is 2.22. The summed E-state index contributed by atoms with van der Waals surface area (Å²) in [5, 5.41) is 3.26. The summed E-state index contributed by atoms with van der Waals surface area (Å²) in [6.45, 7) is 5.83. The molecule has 2 fully saturated rings. The molecule has 4 heterocycles. The molecule has 0 spiro atoms. The van der Waals surface area contributed by atoms with Gasteiger partial charge in [0.25, 0.3) is 5.91 Å². The van der Waals surface area contributed by atoms with Crippen LogP contribution in [0.3, 0.4) is 0 Å². The number of nitrogens with zero attached hydrogens (tertiary/aromatic N) is 4. The van der Waals surface area contributed by atoms with Crippen LogP contribution in [0.1, 0.15) is 36.2 Å². The lowest BCUT2D eigenvalue weighted by atomic mass is 9.99. The van der Waals surface area contributed by atoms with Crippen LogP contribution in [0.5, 0.6) is 0 Å². The second kappa shape index (κ2) is 5.33. The zero-order valence-corrected chi connectivity index (χ0v) is 12.4. The number of hydrogen-bond donors (Lipinski definition) is 1. The molecule has 6 heteroatoms. The number of anilines is 1. The van der Waals surface area contributed by atoms with Gasteiger partial charge in [0, 0.05) is 45.0 Å². The predicted molar refractivity (Wildman–Crippen MR) is 80.4 cm³/mol. The fourth-order valence-corrected chi connectivity index (χ4v) is 3.78. The number of aromatic nitrogens is 2. The van der Waals surface area contributed by atoms with Crippen LogP contribution >= 0.6 is 0 Å². The zero-order chi connectivity index (χ0) is 14.2. The molecule has 2 saturated heterocycles. The molecule has 21 heavy (non-hydrogen) atoms. The summed E-state index contributed by atoms with van der Waals surface area (Å²) >= 11 is 0. The van der Waals surface area contributed by atoms with E-state index in [1.165, 1.54) is 25.8 Å². The number of piperazine rings is 1. The van der Waals surface area contributed by atoms with Crippen molar-refractivity contribution in [3.63, 3.8) is 0 Å². The van der Waals surface area contributed by atoms with E-state index in [4.69, 9.17) is 0 Å². The summed E-state index contributed by atoms with van der Waals surface area (Å²) in [5.74, 6) is 0.949. The van der Waals surface area contributed by atoms with Gasteiger partial charge in [0.05, 0.1) is 0 Å². The second-order valence-corrected chi connectivity index (χ2v) is 6.36. The summed E-state index contributed by atoms with van der Waals surface area (Å²) in [5.41, 5.74) is 0.601. The van der Waals surface area contributed by atoms with Crippen LogP contribution in [-0.4, -0.2) is 64.0 Å². The van der Waals surface area contributed by atoms with Gasteiger partial charge in [-0.25, -0.2) is 4.98 Å². The topological polar surface area (TPSA) is 53.4 Å². The molecule has 4 rings (SSSR count). The van der Waals surface area contributed by atoms with Crippen molar-refractivity contribution in [1.29, 1.82) is 0 Å². The van der Waals surface area contributed by atoms with Crippen molar-refractivity contribution < 1.29 is 4.79 Å². The van der Waals surface area contributed by atoms with E-state index in [0.29, 0.717) is 11.7 Å². The maximum absolute atomic E-state index is 12.7. The lowest BCUT2D eigenvalue weighted by Gasteiger charge is -2.43. The number of fused-ring (bicyclic) bond motifs is 2. The second-order valence-electron chi connectivity index (χ2n) is 6.36. The molecule has 1 amide bonds. The Morgan fingerprint density at radius 2 is 2.14 bits per heavy atom. The van der Waals surface area contributed by atoms with Crippen molar-refractivity contribution in [1.82, 2.24) is 19.4 Å². The minimum Gasteiger partial charge on any atom is -0.356 e. The minimum absolute atomic E-state index is 0.101. The fraction of sp³-hybridized carbons (Fsp3) is 0.733. The number of imidazole rings is 1. The third kappa shape index (κ3) is 2.41. The monoisotopic (exact) mass is 289 g/mol. The van der Waals surface area contributed by atoms with E-state index < -0.39 is 0 Å². The van der Waals surface area contributed by atoms with E-state index in [-0.39, 0.29) is 5.91 Å². The van der Waals surface area contributed by atoms with Crippen molar-refractivity contribution in [2.75, 3.05) is 38.0 Å². The van der Waals surface area contributed by atoms with Gasteiger partial charge in [-0.1, -0.05) is 6.42 Å². The molecule has 1 N–H and O–H groups in total. The number of carbonyl (C=O) groups is 1. The van der Waals surface area contributed by atoms with E-state index in [2.05, 4.69) is 19.8 Å². The van der Waals surface area contributed by atoms with Crippen LogP contribution in [-0.2, 0) is 6.54 Å². The first-order valence-electron chi connectivity index (χ1n) is 8.15. The van der Waals surface area contributed by atoms with Gasteiger partial charge in [0.1, 0.15) is 5.69 Å². The normalized spacial score (nSPS) is 25.9. The van der Waals surface area contributed by atoms with Crippen molar-refractivity contribution in [2.24, 2.45) is 0 Å². The average molecular weight is 289 g/mol. The summed E-state index contributed by atoms with van der Waals surface area (Å²) in [6.07, 6.45) is 6.84. The number of hydrogen-bond acceptors (Lipinski definition) is 4. The van der Waals surface area contributed by atoms with E-state index in [1.807, 2.05) is 11.1 Å². The lowest BCUT2D eigenvalue weighted by Crippen LogP contribution is -2.56. The highest BCUT2D eigenvalue weighted by Gasteiger charge is 2.32. The number of nitrogens with one attached hydrogen (secondary N) is 1. The van der Waals surface area contributed by atoms with E-state index in [0.717, 1.165) is 45.1 Å². The molecule has 1 aromatic heterocycles. The number of piperidine rings is 1. The molecule has 0 aliphatic carbocycles. The third-order valence-corrected chi connectivity index (χ3v) is 4.98. The molecule has 0 radical (unpaired) electrons. The van der Waals surface area contributed by atoms with Gasteiger partial charge in [0.2, 0.25) is 5.95 Å². The lowest BCUT2D eigenvalue weighted by molar-refractivity contribution is 0.0368. The molecular weight excluding hydrogens is 266 g/mol. The Bertz CT molecular complexity index is 517. The number of carbonyl (C=O) groups excluding carboxylic acids is 1. The summed E-state index contributed by atoms with van der Waals surface area (Å²) in [6, 6.07) is 0.562. The molecule has 1 unspecified atom stereocenters. The molecule has 1 aromatic rings. The summed E-state index contributed by atoms with van der Waals surface area (Å²) in [4.78, 5) is 21.7. The molecule has 114 valence electrons. The first-order chi connectivity index (χ1) is 10.3. The van der Waals surface area contributed by atoms with Crippen LogP contribution in [0.2, 0.25) is 0 Å². The number of amides is 1. The van der Waals surface area contributed by atoms with Gasteiger partial charge in [-0.3, -0.25) is 9.69 Å². The Hall–Kier alpha value is -1.56. The first-order valence-corrected chi connectivity index (χ1v) is 8.15. The van der Waals surface area contributed by atoms with Gasteiger partial charge in [-0.05, 0) is 25.8 Å². The Kier molecular flexibility index (Phi) is 3.33. The molecule has 3 aliphatic rings. The van der Waals surface area contributed by atoms with Gasteiger partial charge < -0.3 is 14.8 Å². The van der Waals surface area contributed by atoms with Gasteiger partial charge in [0.15, 0.2) is 0 Å². The van der Waals surface area contributed by atoms with E-state index in [1.54, 1.807) is 0 Å². The Morgan fingerprint density at radius 3 is 3.05 bits per heavy atom. The molecule has 6 nitrogen and oxygen atoms in total. The zero-order valence-electron chi connectivity index (χ0n) is 12.4. The van der Waals surface area contributed by atoms with E-state index >= 15 is 0 Å². The summed E-state index contributed by atoms with van der Waals surface area (Å²) < 4.78 is 2.06. The fourth-order valence-electron chi connectivity index (χ4n) is 3.78. The maximum atomic E-state index is 12.7. The van der Waals surface area contributed by atoms with Crippen LogP contribution in [0.15, 0.2) is 6.20 Å². The van der Waals surface area contributed by atoms with Crippen molar-refractivity contribution in [2.45, 2.75) is 38.3 Å². The highest BCUT2D eigenvalue weighted by molar-refractivity contribution is 5.92. The third-order valence-electron chi connectivity index (χ3n) is 4.98. The maximum Gasteiger partial charge on any atom is 0.274 e. The Morgan fingerprint density at radius 1 is 1.19 bits per heavy atom. The first kappa shape index (κ1) is 13.1. The number of aryl methyl sites for hydroxylation is 1. The molecule has 0 saturated carbocycles. The largest absolute Gasteiger partial charge is 0.356 e. The molecule has 1 atom stereocenters. The van der Waals surface area contributed by atoms with Gasteiger partial charge >= 0.3 is 0 Å². The molecule has 0 aromatic carbocycles. The molecule has 0 bridgehead atoms. The highest BCUT2D eigenvalue weighted by atomic mass is 16.2. The molecular formula is C15H23N5O. The SMILES string of the molecule is O=C(c1cn2c(n1)NCCC2)N1CCN2CCCCC2C1. The molecule has 3 aliphatic heterocycles. The summed E-state index contributed by atoms with van der Waals surface area (Å²) in [7, 11) is 0. The minimum atomic E-state index is 0.101. The van der Waals surface area contributed by atoms with Gasteiger partial charge in [-0.15, -0.1) is 0 Å². The quantitative estimate of drug-likeness (QED) is 0.838. The smallest absolute Gasteiger partial charge is 0.274 e. The predicted octanol–water partition coefficient (Wildman–Crippen LogP) is 1.01. The van der Waals surface area contributed by atoms with Crippen LogP contribution in [0.4, 0.5) is 5.95 Å². The number of rotatable bonds is 1. The standard InChI is InChI=1S/C15H23N5O/c21-14(13-11-20-7-3-5-16-15(20)17-13)19-9-8-18-6-2-1-4-12(18)10-19/h11-12H,1-10H2,(H,16,17).